The maximum absolute atomic E-state index is 12.0. The van der Waals surface area contributed by atoms with Crippen LogP contribution in [0.2, 0.25) is 0 Å². The zero-order chi connectivity index (χ0) is 25.3. The maximum atomic E-state index is 12.0. The third-order valence-corrected chi connectivity index (χ3v) is 11.5. The number of ether oxygens (including phenoxy) is 1. The van der Waals surface area contributed by atoms with Crippen LogP contribution >= 0.6 is 30.8 Å². The van der Waals surface area contributed by atoms with Crippen molar-refractivity contribution in [1.29, 1.82) is 0 Å². The number of nitrogens with one attached hydrogen (secondary N) is 1. The monoisotopic (exact) mass is 559 g/mol. The van der Waals surface area contributed by atoms with Gasteiger partial charge in [0.25, 0.3) is 0 Å². The van der Waals surface area contributed by atoms with Gasteiger partial charge in [0.2, 0.25) is 0 Å². The molecule has 0 saturated carbocycles. The third kappa shape index (κ3) is 14.0. The van der Waals surface area contributed by atoms with Gasteiger partial charge in [-0.25, -0.2) is 13.4 Å². The number of rotatable bonds is 17. The molecule has 1 aliphatic heterocycles. The van der Waals surface area contributed by atoms with Crippen LogP contribution < -0.4 is 5.32 Å². The fourth-order valence-corrected chi connectivity index (χ4v) is 9.13. The van der Waals surface area contributed by atoms with Crippen molar-refractivity contribution in [3.05, 3.63) is 0 Å². The summed E-state index contributed by atoms with van der Waals surface area (Å²) in [5.41, 5.74) is 0. The van der Waals surface area contributed by atoms with Crippen LogP contribution in [0.1, 0.15) is 32.1 Å². The molecule has 33 heavy (non-hydrogen) atoms. The Morgan fingerprint density at radius 1 is 0.939 bits per heavy atom. The van der Waals surface area contributed by atoms with Gasteiger partial charge in [-0.3, -0.25) is 13.7 Å². The molecule has 20 heteroatoms. The summed E-state index contributed by atoms with van der Waals surface area (Å²) in [5, 5.41) is 12.6. The Morgan fingerprint density at radius 2 is 1.58 bits per heavy atom. The summed E-state index contributed by atoms with van der Waals surface area (Å²) in [6, 6.07) is -0.852. The van der Waals surface area contributed by atoms with E-state index in [1.54, 1.807) is 7.05 Å². The molecule has 0 aromatic carbocycles. The second-order valence-corrected chi connectivity index (χ2v) is 14.6. The number of hydrogen-bond acceptors (Lipinski definition) is 11. The quantitative estimate of drug-likeness (QED) is 0.0830. The van der Waals surface area contributed by atoms with Crippen LogP contribution in [0.15, 0.2) is 0 Å². The lowest BCUT2D eigenvalue weighted by molar-refractivity contribution is -0.00415. The summed E-state index contributed by atoms with van der Waals surface area (Å²) in [6.07, 6.45) is 0.527. The van der Waals surface area contributed by atoms with Gasteiger partial charge < -0.3 is 39.3 Å². The molecule has 1 heterocycles. The van der Waals surface area contributed by atoms with Gasteiger partial charge in [-0.1, -0.05) is 12.8 Å². The fourth-order valence-electron chi connectivity index (χ4n) is 2.67. The molecule has 0 amide bonds. The van der Waals surface area contributed by atoms with E-state index < -0.39 is 61.6 Å². The smallest absolute Gasteiger partial charge is 0.390 e. The van der Waals surface area contributed by atoms with E-state index in [0.29, 0.717) is 12.8 Å². The Hall–Kier alpha value is 0.545. The molecule has 5 unspecified atom stereocenters. The molecule has 0 aromatic heterocycles. The van der Waals surface area contributed by atoms with Crippen LogP contribution in [0.25, 0.3) is 0 Å². The maximum Gasteiger partial charge on any atom is 0.488 e. The van der Waals surface area contributed by atoms with Crippen molar-refractivity contribution in [2.45, 2.75) is 50.3 Å². The molecule has 0 spiro atoms. The van der Waals surface area contributed by atoms with Crippen LogP contribution in [-0.4, -0.2) is 83.4 Å². The molecule has 0 aromatic rings. The highest BCUT2D eigenvalue weighted by Gasteiger charge is 2.45. The highest BCUT2D eigenvalue weighted by atomic mass is 31.3. The van der Waals surface area contributed by atoms with Gasteiger partial charge in [0.15, 0.2) is 5.90 Å². The first kappa shape index (κ1) is 31.6. The average molecular weight is 559 g/mol. The van der Waals surface area contributed by atoms with Crippen LogP contribution in [0.3, 0.4) is 0 Å². The molecule has 15 nitrogen and oxygen atoms in total. The Morgan fingerprint density at radius 3 is 2.15 bits per heavy atom. The zero-order valence-electron chi connectivity index (χ0n) is 17.9. The lowest BCUT2D eigenvalue weighted by Crippen LogP contribution is -2.26. The van der Waals surface area contributed by atoms with Crippen LogP contribution in [0.4, 0.5) is 0 Å². The van der Waals surface area contributed by atoms with E-state index in [1.807, 2.05) is 0 Å². The highest BCUT2D eigenvalue weighted by molar-refractivity contribution is 7.75. The van der Waals surface area contributed by atoms with Gasteiger partial charge in [0.1, 0.15) is 14.0 Å². The first-order valence-electron chi connectivity index (χ1n) is 9.81. The second-order valence-electron chi connectivity index (χ2n) is 7.18. The summed E-state index contributed by atoms with van der Waals surface area (Å²) >= 11 is 0. The van der Waals surface area contributed by atoms with Crippen molar-refractivity contribution in [3.63, 3.8) is 0 Å². The topological polar surface area (TPSA) is 228 Å². The van der Waals surface area contributed by atoms with Crippen molar-refractivity contribution >= 4 is 38.7 Å². The fraction of sp³-hybridized carbons (Fsp3) is 1.00. The minimum Gasteiger partial charge on any atom is -0.390 e. The molecule has 7 atom stereocenters. The van der Waals surface area contributed by atoms with Gasteiger partial charge in [-0.15, -0.1) is 0 Å². The summed E-state index contributed by atoms with van der Waals surface area (Å²) in [6.45, 7) is -0.170. The first-order chi connectivity index (χ1) is 15.1. The van der Waals surface area contributed by atoms with Crippen molar-refractivity contribution in [1.82, 2.24) is 5.32 Å². The van der Waals surface area contributed by atoms with Crippen LogP contribution in [0.5, 0.6) is 0 Å². The Bertz CT molecular complexity index is 801. The van der Waals surface area contributed by atoms with Crippen molar-refractivity contribution < 1.29 is 65.3 Å². The number of unbranched alkanes of at least 4 members (excludes halogenated alkanes) is 3. The van der Waals surface area contributed by atoms with E-state index in [0.717, 1.165) is 19.4 Å². The van der Waals surface area contributed by atoms with Gasteiger partial charge in [0, 0.05) is 6.00 Å². The van der Waals surface area contributed by atoms with E-state index in [-0.39, 0.29) is 13.0 Å². The summed E-state index contributed by atoms with van der Waals surface area (Å²) in [7, 11) is -13.9. The number of phosphoric acid groups is 2. The van der Waals surface area contributed by atoms with E-state index in [9.17, 15) is 42.9 Å². The number of phosphoric ester groups is 1. The number of hydrogen-bond donors (Lipinski definition) is 6. The van der Waals surface area contributed by atoms with Gasteiger partial charge >= 0.3 is 30.8 Å². The Balaban J connectivity index is 2.50. The molecular weight excluding hydrogens is 529 g/mol. The highest BCUT2D eigenvalue weighted by Crippen LogP contribution is 2.70. The van der Waals surface area contributed by atoms with E-state index >= 15 is 0 Å². The van der Waals surface area contributed by atoms with Gasteiger partial charge in [-0.2, -0.15) is 4.31 Å². The standard InChI is InChI=1S/C13H30BNO14P4/c1-15-6-4-2-3-5-7-25-30(17,18)10-31(19,20)28-33(23,24)29-32(21,22)26-9-12-11(16)8-13(14)27-12/h11-13,15-16H,2-10H2,1H3,(H,17,18)(H,19,20)(H,21,22)(H,23,24)/t11?,12-,13-/m1/s1. The molecule has 0 bridgehead atoms. The first-order valence-corrected chi connectivity index (χ1v) is 16.3. The van der Waals surface area contributed by atoms with E-state index in [4.69, 9.17) is 17.1 Å². The molecule has 1 aliphatic rings. The molecule has 2 radical (unpaired) electrons. The normalized spacial score (nSPS) is 28.5. The largest absolute Gasteiger partial charge is 0.488 e. The minimum atomic E-state index is -5.73. The lowest BCUT2D eigenvalue weighted by atomic mass is 9.96. The molecule has 1 rings (SSSR count). The average Bonchev–Trinajstić information content (AvgIpc) is 2.93. The van der Waals surface area contributed by atoms with Crippen molar-refractivity contribution in [3.8, 4) is 0 Å². The molecule has 1 fully saturated rings. The Labute approximate surface area is 192 Å². The third-order valence-electron chi connectivity index (χ3n) is 4.06. The summed E-state index contributed by atoms with van der Waals surface area (Å²) < 4.78 is 69.6. The van der Waals surface area contributed by atoms with E-state index in [1.165, 1.54) is 0 Å². The molecule has 0 aliphatic carbocycles. The molecular formula is C13H30BNO14P4. The van der Waals surface area contributed by atoms with E-state index in [2.05, 4.69) is 18.5 Å². The Kier molecular flexibility index (Phi) is 13.1. The summed E-state index contributed by atoms with van der Waals surface area (Å²) in [5.74, 6) is -1.57. The zero-order valence-corrected chi connectivity index (χ0v) is 21.5. The van der Waals surface area contributed by atoms with Crippen molar-refractivity contribution in [2.24, 2.45) is 0 Å². The van der Waals surface area contributed by atoms with Gasteiger partial charge in [-0.05, 0) is 32.9 Å². The predicted octanol–water partition coefficient (Wildman–Crippen LogP) is 1.01. The molecule has 194 valence electrons. The second kappa shape index (κ2) is 13.7. The SMILES string of the molecule is [B][C@H]1CC(O)[C@@H](COP(=O)(O)OP(=O)(O)OP(=O)(O)CP(=O)(O)OCCCCCCNC)O1. The molecule has 1 saturated heterocycles. The summed E-state index contributed by atoms with van der Waals surface area (Å²) in [4.78, 5) is 38.4. The molecule has 6 N–H and O–H groups in total. The minimum absolute atomic E-state index is 0.0134. The number of aliphatic hydroxyl groups excluding tert-OH is 1. The predicted molar refractivity (Wildman–Crippen MR) is 116 cm³/mol. The van der Waals surface area contributed by atoms with Crippen molar-refractivity contribution in [2.75, 3.05) is 32.7 Å². The lowest BCUT2D eigenvalue weighted by Gasteiger charge is -2.21. The van der Waals surface area contributed by atoms with Crippen LogP contribution in [-0.2, 0) is 40.7 Å². The number of aliphatic hydroxyl groups is 1. The van der Waals surface area contributed by atoms with Gasteiger partial charge in [0.05, 0.1) is 19.3 Å². The van der Waals surface area contributed by atoms with Crippen LogP contribution in [0, 0.1) is 0 Å².